The Kier molecular flexibility index (Phi) is 8.68. The molecule has 0 aromatic carbocycles. The molecule has 0 bridgehead atoms. The van der Waals surface area contributed by atoms with Crippen molar-refractivity contribution in [2.45, 2.75) is 112 Å². The van der Waals surface area contributed by atoms with E-state index < -0.39 is 11.1 Å². The van der Waals surface area contributed by atoms with Gasteiger partial charge in [0.2, 0.25) is 5.91 Å². The van der Waals surface area contributed by atoms with Crippen molar-refractivity contribution in [3.8, 4) is 0 Å². The molecule has 0 aromatic rings. The highest BCUT2D eigenvalue weighted by Crippen LogP contribution is 2.35. The maximum Gasteiger partial charge on any atom is 0.254 e. The van der Waals surface area contributed by atoms with Crippen LogP contribution in [0.1, 0.15) is 94.9 Å². The van der Waals surface area contributed by atoms with Crippen LogP contribution in [0.25, 0.3) is 0 Å². The van der Waals surface area contributed by atoms with Gasteiger partial charge in [-0.05, 0) is 72.1 Å². The molecule has 1 N–H and O–H groups in total. The number of hydrogen-bond acceptors (Lipinski definition) is 4. The maximum atomic E-state index is 12.6. The summed E-state index contributed by atoms with van der Waals surface area (Å²) >= 11 is 0. The summed E-state index contributed by atoms with van der Waals surface area (Å²) in [5.74, 6) is -0.00790. The van der Waals surface area contributed by atoms with Crippen molar-refractivity contribution in [1.29, 1.82) is 0 Å². The Morgan fingerprint density at radius 2 is 1.48 bits per heavy atom. The summed E-state index contributed by atoms with van der Waals surface area (Å²) in [5, 5.41) is 3.18. The molecule has 0 fully saturated rings. The van der Waals surface area contributed by atoms with E-state index in [4.69, 9.17) is 4.74 Å². The number of ether oxygens (including phenoxy) is 1. The van der Waals surface area contributed by atoms with Gasteiger partial charge in [0.15, 0.2) is 0 Å². The van der Waals surface area contributed by atoms with Crippen LogP contribution in [0, 0.1) is 11.3 Å². The van der Waals surface area contributed by atoms with E-state index in [-0.39, 0.29) is 28.7 Å². The van der Waals surface area contributed by atoms with Crippen molar-refractivity contribution in [1.82, 2.24) is 10.2 Å². The molecule has 1 rings (SSSR count). The van der Waals surface area contributed by atoms with Crippen molar-refractivity contribution < 1.29 is 19.1 Å². The first-order valence-electron chi connectivity index (χ1n) is 11.4. The Balaban J connectivity index is 2.49. The van der Waals surface area contributed by atoms with E-state index in [0.29, 0.717) is 31.8 Å². The molecule has 6 heteroatoms. The maximum absolute atomic E-state index is 12.6. The monoisotopic (exact) mass is 436 g/mol. The van der Waals surface area contributed by atoms with Crippen LogP contribution in [0.4, 0.5) is 0 Å². The smallest absolute Gasteiger partial charge is 0.254 e. The van der Waals surface area contributed by atoms with Gasteiger partial charge in [0.25, 0.3) is 11.8 Å². The molecular weight excluding hydrogens is 392 g/mol. The second kappa shape index (κ2) is 9.85. The quantitative estimate of drug-likeness (QED) is 0.453. The van der Waals surface area contributed by atoms with Gasteiger partial charge in [-0.1, -0.05) is 27.7 Å². The molecule has 0 saturated heterocycles. The third-order valence-corrected chi connectivity index (χ3v) is 6.51. The van der Waals surface area contributed by atoms with Crippen LogP contribution < -0.4 is 5.32 Å². The fourth-order valence-electron chi connectivity index (χ4n) is 4.00. The van der Waals surface area contributed by atoms with E-state index in [1.165, 1.54) is 17.1 Å². The number of carbonyl (C=O) groups excluding carboxylic acids is 3. The molecule has 0 radical (unpaired) electrons. The van der Waals surface area contributed by atoms with Crippen molar-refractivity contribution in [3.05, 3.63) is 12.2 Å². The molecule has 1 aliphatic heterocycles. The highest BCUT2D eigenvalue weighted by molar-refractivity contribution is 6.13. The van der Waals surface area contributed by atoms with Crippen molar-refractivity contribution in [2.75, 3.05) is 6.61 Å². The number of carbonyl (C=O) groups is 3. The minimum atomic E-state index is -0.627. The van der Waals surface area contributed by atoms with Crippen LogP contribution in [0.3, 0.4) is 0 Å². The van der Waals surface area contributed by atoms with Gasteiger partial charge in [-0.15, -0.1) is 0 Å². The zero-order chi connectivity index (χ0) is 24.3. The lowest BCUT2D eigenvalue weighted by Crippen LogP contribution is -2.48. The highest BCUT2D eigenvalue weighted by Gasteiger charge is 2.37. The van der Waals surface area contributed by atoms with Gasteiger partial charge < -0.3 is 10.1 Å². The molecule has 0 atom stereocenters. The number of amides is 3. The van der Waals surface area contributed by atoms with E-state index >= 15 is 0 Å². The van der Waals surface area contributed by atoms with Gasteiger partial charge in [0.1, 0.15) is 0 Å². The van der Waals surface area contributed by atoms with E-state index in [1.54, 1.807) is 0 Å². The molecule has 0 aromatic heterocycles. The molecule has 0 saturated carbocycles. The minimum Gasteiger partial charge on any atom is -0.375 e. The highest BCUT2D eigenvalue weighted by atomic mass is 16.5. The predicted molar refractivity (Wildman–Crippen MR) is 124 cm³/mol. The van der Waals surface area contributed by atoms with E-state index in [2.05, 4.69) is 46.9 Å². The van der Waals surface area contributed by atoms with Gasteiger partial charge >= 0.3 is 0 Å². The largest absolute Gasteiger partial charge is 0.375 e. The summed E-state index contributed by atoms with van der Waals surface area (Å²) in [6.07, 6.45) is 5.01. The van der Waals surface area contributed by atoms with Crippen LogP contribution >= 0.6 is 0 Å². The third-order valence-electron chi connectivity index (χ3n) is 6.51. The van der Waals surface area contributed by atoms with Crippen LogP contribution in [-0.2, 0) is 19.1 Å². The summed E-state index contributed by atoms with van der Waals surface area (Å²) in [6.45, 7) is 21.1. The number of imide groups is 1. The summed E-state index contributed by atoms with van der Waals surface area (Å²) in [7, 11) is 0. The number of nitrogens with one attached hydrogen (secondary N) is 1. The standard InChI is InChI=1S/C25H44N2O4/c1-18(2)22(3,4)17-23(5,6)26-19(28)13-14-25(9,10)31-16-15-24(7,8)27-20(29)11-12-21(27)30/h11-12,18H,13-17H2,1-10H3,(H,26,28). The second-order valence-electron chi connectivity index (χ2n) is 11.8. The zero-order valence-electron chi connectivity index (χ0n) is 21.3. The van der Waals surface area contributed by atoms with Crippen LogP contribution in [-0.4, -0.2) is 45.9 Å². The Morgan fingerprint density at radius 3 is 1.97 bits per heavy atom. The van der Waals surface area contributed by atoms with Crippen LogP contribution in [0.2, 0.25) is 0 Å². The average molecular weight is 437 g/mol. The fraction of sp³-hybridized carbons (Fsp3) is 0.800. The second-order valence-corrected chi connectivity index (χ2v) is 11.8. The number of nitrogens with zero attached hydrogens (tertiary/aromatic N) is 1. The zero-order valence-corrected chi connectivity index (χ0v) is 21.3. The van der Waals surface area contributed by atoms with Gasteiger partial charge in [-0.25, -0.2) is 0 Å². The molecule has 1 aliphatic rings. The summed E-state index contributed by atoms with van der Waals surface area (Å²) in [4.78, 5) is 37.7. The van der Waals surface area contributed by atoms with Crippen LogP contribution in [0.5, 0.6) is 0 Å². The van der Waals surface area contributed by atoms with Gasteiger partial charge in [0, 0.05) is 36.3 Å². The average Bonchev–Trinajstić information content (AvgIpc) is 2.90. The molecule has 0 aliphatic carbocycles. The van der Waals surface area contributed by atoms with Crippen molar-refractivity contribution in [2.24, 2.45) is 11.3 Å². The molecule has 0 unspecified atom stereocenters. The van der Waals surface area contributed by atoms with Gasteiger partial charge in [-0.2, -0.15) is 0 Å². The Morgan fingerprint density at radius 1 is 0.968 bits per heavy atom. The molecule has 178 valence electrons. The molecule has 1 heterocycles. The molecular formula is C25H44N2O4. The lowest BCUT2D eigenvalue weighted by molar-refractivity contribution is -0.144. The molecule has 31 heavy (non-hydrogen) atoms. The molecule has 0 spiro atoms. The Bertz CT molecular complexity index is 684. The number of rotatable bonds is 12. The predicted octanol–water partition coefficient (Wildman–Crippen LogP) is 4.62. The normalized spacial score (nSPS) is 15.9. The lowest BCUT2D eigenvalue weighted by Gasteiger charge is -2.38. The molecule has 6 nitrogen and oxygen atoms in total. The molecule has 3 amide bonds. The van der Waals surface area contributed by atoms with Crippen molar-refractivity contribution in [3.63, 3.8) is 0 Å². The first-order chi connectivity index (χ1) is 13.9. The SMILES string of the molecule is CC(C)C(C)(C)CC(C)(C)NC(=O)CCC(C)(C)OCCC(C)(C)N1C(=O)C=CC1=O. The third kappa shape index (κ3) is 8.40. The lowest BCUT2D eigenvalue weighted by atomic mass is 9.72. The van der Waals surface area contributed by atoms with E-state index in [0.717, 1.165) is 6.42 Å². The first-order valence-corrected chi connectivity index (χ1v) is 11.4. The Hall–Kier alpha value is -1.69. The van der Waals surface area contributed by atoms with Crippen molar-refractivity contribution >= 4 is 17.7 Å². The Labute approximate surface area is 189 Å². The van der Waals surface area contributed by atoms with E-state index in [1.807, 2.05) is 27.7 Å². The topological polar surface area (TPSA) is 75.7 Å². The fourth-order valence-corrected chi connectivity index (χ4v) is 4.00. The van der Waals surface area contributed by atoms with Gasteiger partial charge in [0.05, 0.1) is 5.60 Å². The number of hydrogen-bond donors (Lipinski definition) is 1. The van der Waals surface area contributed by atoms with Crippen LogP contribution in [0.15, 0.2) is 12.2 Å². The first kappa shape index (κ1) is 27.3. The summed E-state index contributed by atoms with van der Waals surface area (Å²) in [6, 6.07) is 0. The van der Waals surface area contributed by atoms with Gasteiger partial charge in [-0.3, -0.25) is 19.3 Å². The summed E-state index contributed by atoms with van der Waals surface area (Å²) in [5.41, 5.74) is -1.24. The van der Waals surface area contributed by atoms with E-state index in [9.17, 15) is 14.4 Å². The summed E-state index contributed by atoms with van der Waals surface area (Å²) < 4.78 is 6.04. The minimum absolute atomic E-state index is 0.0286.